The molecule has 9 heteroatoms. The Morgan fingerprint density at radius 3 is 2.71 bits per heavy atom. The van der Waals surface area contributed by atoms with Crippen molar-refractivity contribution in [3.05, 3.63) is 111 Å². The Bertz CT molecular complexity index is 1780. The molecule has 0 unspecified atom stereocenters. The van der Waals surface area contributed by atoms with E-state index in [1.54, 1.807) is 6.92 Å². The van der Waals surface area contributed by atoms with Gasteiger partial charge in [-0.15, -0.1) is 0 Å². The maximum atomic E-state index is 14.9. The summed E-state index contributed by atoms with van der Waals surface area (Å²) in [7, 11) is 0. The maximum absolute atomic E-state index is 14.9. The van der Waals surface area contributed by atoms with Gasteiger partial charge in [0, 0.05) is 24.1 Å². The van der Waals surface area contributed by atoms with Gasteiger partial charge in [-0.25, -0.2) is 14.2 Å². The second kappa shape index (κ2) is 9.41. The van der Waals surface area contributed by atoms with Crippen molar-refractivity contribution in [1.29, 1.82) is 0 Å². The van der Waals surface area contributed by atoms with Gasteiger partial charge < -0.3 is 9.30 Å². The van der Waals surface area contributed by atoms with E-state index in [2.05, 4.69) is 27.7 Å². The first kappa shape index (κ1) is 23.8. The van der Waals surface area contributed by atoms with E-state index in [9.17, 15) is 13.6 Å². The Hall–Kier alpha value is -4.53. The van der Waals surface area contributed by atoms with Crippen molar-refractivity contribution in [2.45, 2.75) is 39.8 Å². The molecule has 1 aliphatic rings. The highest BCUT2D eigenvalue weighted by atomic mass is 19.2. The molecular formula is C29H24F2N4O3. The monoisotopic (exact) mass is 514 g/mol. The average Bonchev–Trinajstić information content (AvgIpc) is 3.45. The number of imidazole rings is 1. The molecule has 1 N–H and O–H groups in total. The highest BCUT2D eigenvalue weighted by Crippen LogP contribution is 2.42. The van der Waals surface area contributed by atoms with E-state index in [-0.39, 0.29) is 18.2 Å². The highest BCUT2D eigenvalue weighted by Gasteiger charge is 2.27. The first-order chi connectivity index (χ1) is 18.4. The van der Waals surface area contributed by atoms with E-state index in [0.717, 1.165) is 52.5 Å². The summed E-state index contributed by atoms with van der Waals surface area (Å²) in [5.74, 6) is -1.75. The van der Waals surface area contributed by atoms with Crippen molar-refractivity contribution in [1.82, 2.24) is 19.7 Å². The molecule has 3 aromatic carbocycles. The number of benzene rings is 3. The number of hydrogen-bond acceptors (Lipinski definition) is 5. The van der Waals surface area contributed by atoms with Crippen LogP contribution in [0, 0.1) is 11.6 Å². The van der Waals surface area contributed by atoms with Crippen LogP contribution in [0.4, 0.5) is 8.78 Å². The maximum Gasteiger partial charge on any atom is 0.439 e. The molecule has 192 valence electrons. The van der Waals surface area contributed by atoms with Gasteiger partial charge in [0.2, 0.25) is 5.82 Å². The van der Waals surface area contributed by atoms with Crippen molar-refractivity contribution in [3.63, 3.8) is 0 Å². The summed E-state index contributed by atoms with van der Waals surface area (Å²) in [5, 5.41) is 3.81. The molecule has 1 aliphatic heterocycles. The average molecular weight is 515 g/mol. The number of aromatic amines is 1. The van der Waals surface area contributed by atoms with Gasteiger partial charge in [0.15, 0.2) is 17.4 Å². The van der Waals surface area contributed by atoms with Gasteiger partial charge in [0.1, 0.15) is 12.4 Å². The fraction of sp³-hybridized carbons (Fsp3) is 0.207. The molecule has 0 amide bonds. The van der Waals surface area contributed by atoms with Gasteiger partial charge in [-0.05, 0) is 65.9 Å². The van der Waals surface area contributed by atoms with Crippen LogP contribution in [0.5, 0.6) is 5.75 Å². The molecule has 38 heavy (non-hydrogen) atoms. The van der Waals surface area contributed by atoms with Crippen molar-refractivity contribution in [3.8, 4) is 5.75 Å². The fourth-order valence-corrected chi connectivity index (χ4v) is 5.09. The Kier molecular flexibility index (Phi) is 5.90. The summed E-state index contributed by atoms with van der Waals surface area (Å²) in [6, 6.07) is 16.6. The molecule has 7 nitrogen and oxygen atoms in total. The third kappa shape index (κ3) is 4.00. The minimum absolute atomic E-state index is 0.0369. The van der Waals surface area contributed by atoms with E-state index in [1.165, 1.54) is 6.07 Å². The lowest BCUT2D eigenvalue weighted by atomic mass is 9.89. The van der Waals surface area contributed by atoms with Crippen LogP contribution < -0.4 is 10.5 Å². The molecule has 0 fully saturated rings. The Morgan fingerprint density at radius 1 is 1.11 bits per heavy atom. The molecule has 3 heterocycles. The lowest BCUT2D eigenvalue weighted by Crippen LogP contribution is -2.07. The molecule has 0 saturated heterocycles. The number of aryl methyl sites for hydroxylation is 1. The standard InChI is InChI=1S/C29H24F2N4O3/c1-3-6-24-32-22-7-4-5-8-23(22)35(24)14-17-9-10-19-18(13-17)15-37-27-20(11-12-21(30)26(27)31)25(19)16(2)28-33-29(36)38-34-28/h4-5,7-13H,3,6,14-15H2,1-2H3,(H,33,34,36)/b25-16+. The number of ether oxygens (including phenoxy) is 1. The van der Waals surface area contributed by atoms with E-state index in [4.69, 9.17) is 14.2 Å². The van der Waals surface area contributed by atoms with Crippen LogP contribution in [0.15, 0.2) is 63.9 Å². The number of rotatable bonds is 5. The van der Waals surface area contributed by atoms with Crippen LogP contribution >= 0.6 is 0 Å². The van der Waals surface area contributed by atoms with Gasteiger partial charge in [-0.1, -0.05) is 36.3 Å². The van der Waals surface area contributed by atoms with Gasteiger partial charge in [0.25, 0.3) is 0 Å². The minimum Gasteiger partial charge on any atom is -0.485 e. The predicted molar refractivity (Wildman–Crippen MR) is 139 cm³/mol. The lowest BCUT2D eigenvalue weighted by Gasteiger charge is -2.15. The molecular weight excluding hydrogens is 490 g/mol. The third-order valence-corrected chi connectivity index (χ3v) is 6.85. The largest absolute Gasteiger partial charge is 0.485 e. The number of H-pyrrole nitrogens is 1. The number of fused-ring (bicyclic) bond motifs is 3. The van der Waals surface area contributed by atoms with E-state index in [0.29, 0.717) is 23.3 Å². The molecule has 0 aliphatic carbocycles. The first-order valence-corrected chi connectivity index (χ1v) is 12.4. The predicted octanol–water partition coefficient (Wildman–Crippen LogP) is 5.86. The van der Waals surface area contributed by atoms with Crippen molar-refractivity contribution < 1.29 is 18.0 Å². The summed E-state index contributed by atoms with van der Waals surface area (Å²) in [5.41, 5.74) is 6.04. The summed E-state index contributed by atoms with van der Waals surface area (Å²) < 4.78 is 41.8. The topological polar surface area (TPSA) is 85.9 Å². The van der Waals surface area contributed by atoms with Gasteiger partial charge in [-0.2, -0.15) is 4.39 Å². The Morgan fingerprint density at radius 2 is 1.92 bits per heavy atom. The number of nitrogens with one attached hydrogen (secondary N) is 1. The molecule has 6 rings (SSSR count). The molecule has 0 saturated carbocycles. The zero-order chi connectivity index (χ0) is 26.4. The van der Waals surface area contributed by atoms with Crippen molar-refractivity contribution >= 4 is 22.2 Å². The molecule has 5 aromatic rings. The van der Waals surface area contributed by atoms with Crippen LogP contribution in [-0.4, -0.2) is 19.7 Å². The van der Waals surface area contributed by atoms with E-state index < -0.39 is 17.4 Å². The molecule has 0 spiro atoms. The van der Waals surface area contributed by atoms with Gasteiger partial charge >= 0.3 is 5.76 Å². The summed E-state index contributed by atoms with van der Waals surface area (Å²) in [6.45, 7) is 4.50. The lowest BCUT2D eigenvalue weighted by molar-refractivity contribution is 0.285. The van der Waals surface area contributed by atoms with Crippen molar-refractivity contribution in [2.24, 2.45) is 0 Å². The van der Waals surface area contributed by atoms with E-state index >= 15 is 0 Å². The molecule has 0 radical (unpaired) electrons. The van der Waals surface area contributed by atoms with Crippen LogP contribution in [-0.2, 0) is 19.6 Å². The summed E-state index contributed by atoms with van der Waals surface area (Å²) in [4.78, 5) is 19.0. The second-order valence-electron chi connectivity index (χ2n) is 9.31. The molecule has 0 bridgehead atoms. The molecule has 0 atom stereocenters. The van der Waals surface area contributed by atoms with Crippen LogP contribution in [0.25, 0.3) is 22.2 Å². The van der Waals surface area contributed by atoms with Gasteiger partial charge in [0.05, 0.1) is 11.0 Å². The highest BCUT2D eigenvalue weighted by molar-refractivity contribution is 5.99. The number of allylic oxidation sites excluding steroid dienone is 1. The SMILES string of the molecule is CCCc1nc2ccccc2n1Cc1ccc2c(c1)COc1c(ccc(F)c1F)/C2=C(\C)c1noc(=O)[nH]1. The molecule has 2 aromatic heterocycles. The second-order valence-corrected chi connectivity index (χ2v) is 9.31. The zero-order valence-corrected chi connectivity index (χ0v) is 20.8. The Balaban J connectivity index is 1.50. The smallest absolute Gasteiger partial charge is 0.439 e. The van der Waals surface area contributed by atoms with Crippen LogP contribution in [0.2, 0.25) is 0 Å². The van der Waals surface area contributed by atoms with Crippen LogP contribution in [0.3, 0.4) is 0 Å². The third-order valence-electron chi connectivity index (χ3n) is 6.85. The van der Waals surface area contributed by atoms with E-state index in [1.807, 2.05) is 36.4 Å². The first-order valence-electron chi connectivity index (χ1n) is 12.4. The number of para-hydroxylation sites is 2. The van der Waals surface area contributed by atoms with Crippen LogP contribution in [0.1, 0.15) is 54.2 Å². The minimum atomic E-state index is -1.07. The normalized spacial score (nSPS) is 14.1. The fourth-order valence-electron chi connectivity index (χ4n) is 5.09. The quantitative estimate of drug-likeness (QED) is 0.317. The Labute approximate surface area is 216 Å². The number of hydrogen-bond donors (Lipinski definition) is 1. The van der Waals surface area contributed by atoms with Crippen molar-refractivity contribution in [2.75, 3.05) is 0 Å². The van der Waals surface area contributed by atoms with Gasteiger partial charge in [-0.3, -0.25) is 9.51 Å². The summed E-state index contributed by atoms with van der Waals surface area (Å²) >= 11 is 0. The number of aromatic nitrogens is 4. The number of nitrogens with zero attached hydrogens (tertiary/aromatic N) is 3. The number of halogens is 2. The zero-order valence-electron chi connectivity index (χ0n) is 20.8. The summed E-state index contributed by atoms with van der Waals surface area (Å²) in [6.07, 6.45) is 1.82.